The maximum Gasteiger partial charge on any atom is 0.138 e. The lowest BCUT2D eigenvalue weighted by atomic mass is 9.84. The normalized spacial score (nSPS) is 19.3. The van der Waals surface area contributed by atoms with Crippen LogP contribution in [0.15, 0.2) is 18.2 Å². The van der Waals surface area contributed by atoms with Crippen LogP contribution in [0.1, 0.15) is 37.8 Å². The minimum atomic E-state index is -0.349. The minimum Gasteiger partial charge on any atom is -0.384 e. The molecule has 0 atom stereocenters. The summed E-state index contributed by atoms with van der Waals surface area (Å²) in [5.74, 6) is -0.559. The van der Waals surface area contributed by atoms with Gasteiger partial charge in [0, 0.05) is 18.7 Å². The maximum absolute atomic E-state index is 14.2. The summed E-state index contributed by atoms with van der Waals surface area (Å²) in [5.41, 5.74) is 6.52. The Morgan fingerprint density at radius 3 is 2.84 bits per heavy atom. The Balaban J connectivity index is 2.15. The molecule has 19 heavy (non-hydrogen) atoms. The number of nitrogen functional groups attached to an aromatic ring is 1. The molecule has 4 heteroatoms. The van der Waals surface area contributed by atoms with Crippen molar-refractivity contribution < 1.29 is 4.39 Å². The van der Waals surface area contributed by atoms with Crippen LogP contribution < -0.4 is 5.73 Å². The van der Waals surface area contributed by atoms with Crippen LogP contribution in [0.5, 0.6) is 0 Å². The molecular formula is C15H22FN3. The van der Waals surface area contributed by atoms with Gasteiger partial charge in [0.05, 0.1) is 5.56 Å². The van der Waals surface area contributed by atoms with E-state index in [0.29, 0.717) is 17.5 Å². The topological polar surface area (TPSA) is 53.1 Å². The smallest absolute Gasteiger partial charge is 0.138 e. The van der Waals surface area contributed by atoms with Gasteiger partial charge in [-0.25, -0.2) is 4.39 Å². The highest BCUT2D eigenvalue weighted by Crippen LogP contribution is 2.29. The van der Waals surface area contributed by atoms with Crippen molar-refractivity contribution in [1.82, 2.24) is 4.90 Å². The molecule has 1 aliphatic heterocycles. The highest BCUT2D eigenvalue weighted by Gasteiger charge is 2.26. The van der Waals surface area contributed by atoms with Crippen molar-refractivity contribution in [3.63, 3.8) is 0 Å². The number of hydrogen-bond acceptors (Lipinski definition) is 2. The first-order valence-corrected chi connectivity index (χ1v) is 6.73. The molecule has 0 amide bonds. The van der Waals surface area contributed by atoms with Gasteiger partial charge in [-0.05, 0) is 30.9 Å². The fourth-order valence-corrected chi connectivity index (χ4v) is 2.83. The van der Waals surface area contributed by atoms with E-state index in [1.165, 1.54) is 6.42 Å². The lowest BCUT2D eigenvalue weighted by molar-refractivity contribution is 0.110. The van der Waals surface area contributed by atoms with E-state index < -0.39 is 0 Å². The van der Waals surface area contributed by atoms with Crippen LogP contribution in [0.4, 0.5) is 4.39 Å². The molecule has 0 spiro atoms. The summed E-state index contributed by atoms with van der Waals surface area (Å²) in [6.07, 6.45) is 2.38. The molecular weight excluding hydrogens is 241 g/mol. The van der Waals surface area contributed by atoms with Crippen molar-refractivity contribution in [2.24, 2.45) is 11.1 Å². The van der Waals surface area contributed by atoms with Crippen LogP contribution in [-0.4, -0.2) is 23.8 Å². The van der Waals surface area contributed by atoms with E-state index in [0.717, 1.165) is 19.5 Å². The van der Waals surface area contributed by atoms with Gasteiger partial charge in [0.15, 0.2) is 0 Å². The zero-order chi connectivity index (χ0) is 14.0. The van der Waals surface area contributed by atoms with Crippen molar-refractivity contribution in [2.75, 3.05) is 13.1 Å². The van der Waals surface area contributed by atoms with Gasteiger partial charge in [0.2, 0.25) is 0 Å². The standard InChI is InChI=1S/C15H22FN3/c1-15(2)7-4-8-19(10-15)9-11-5-3-6-12(13(11)16)14(17)18/h3,5-6H,4,7-10H2,1-2H3,(H3,17,18). The van der Waals surface area contributed by atoms with E-state index in [1.54, 1.807) is 18.2 Å². The lowest BCUT2D eigenvalue weighted by Gasteiger charge is -2.38. The number of benzene rings is 1. The molecule has 3 N–H and O–H groups in total. The van der Waals surface area contributed by atoms with Crippen LogP contribution in [0.25, 0.3) is 0 Å². The number of likely N-dealkylation sites (tertiary alicyclic amines) is 1. The van der Waals surface area contributed by atoms with Crippen molar-refractivity contribution >= 4 is 5.84 Å². The van der Waals surface area contributed by atoms with E-state index in [9.17, 15) is 4.39 Å². The van der Waals surface area contributed by atoms with Crippen molar-refractivity contribution in [3.8, 4) is 0 Å². The predicted octanol–water partition coefficient (Wildman–Crippen LogP) is 2.73. The lowest BCUT2D eigenvalue weighted by Crippen LogP contribution is -2.39. The number of amidine groups is 1. The number of nitrogens with zero attached hydrogens (tertiary/aromatic N) is 1. The SMILES string of the molecule is CC1(C)CCCN(Cc2cccc(C(=N)N)c2F)C1. The molecule has 0 aromatic heterocycles. The maximum atomic E-state index is 14.2. The second-order valence-electron chi connectivity index (χ2n) is 6.17. The molecule has 1 aromatic rings. The highest BCUT2D eigenvalue weighted by molar-refractivity contribution is 5.95. The van der Waals surface area contributed by atoms with E-state index in [-0.39, 0.29) is 17.2 Å². The highest BCUT2D eigenvalue weighted by atomic mass is 19.1. The fourth-order valence-electron chi connectivity index (χ4n) is 2.83. The molecule has 1 aliphatic rings. The van der Waals surface area contributed by atoms with Crippen LogP contribution in [0.2, 0.25) is 0 Å². The third kappa shape index (κ3) is 3.32. The third-order valence-corrected chi connectivity index (χ3v) is 3.74. The summed E-state index contributed by atoms with van der Waals surface area (Å²) in [7, 11) is 0. The average Bonchev–Trinajstić information content (AvgIpc) is 2.30. The Hall–Kier alpha value is -1.42. The number of hydrogen-bond donors (Lipinski definition) is 2. The Kier molecular flexibility index (Phi) is 3.90. The largest absolute Gasteiger partial charge is 0.384 e. The first-order valence-electron chi connectivity index (χ1n) is 6.73. The minimum absolute atomic E-state index is 0.203. The predicted molar refractivity (Wildman–Crippen MR) is 75.7 cm³/mol. The Morgan fingerprint density at radius 1 is 1.47 bits per heavy atom. The quantitative estimate of drug-likeness (QED) is 0.651. The molecule has 0 saturated carbocycles. The van der Waals surface area contributed by atoms with Crippen LogP contribution in [-0.2, 0) is 6.54 Å². The molecule has 0 aliphatic carbocycles. The summed E-state index contributed by atoms with van der Waals surface area (Å²) in [5, 5.41) is 7.38. The number of nitrogens with one attached hydrogen (secondary N) is 1. The van der Waals surface area contributed by atoms with E-state index in [4.69, 9.17) is 11.1 Å². The number of piperidine rings is 1. The Labute approximate surface area is 114 Å². The zero-order valence-corrected chi connectivity index (χ0v) is 11.7. The molecule has 1 fully saturated rings. The molecule has 1 saturated heterocycles. The zero-order valence-electron chi connectivity index (χ0n) is 11.7. The van der Waals surface area contributed by atoms with Crippen LogP contribution in [0, 0.1) is 16.6 Å². The first-order chi connectivity index (χ1) is 8.89. The van der Waals surface area contributed by atoms with Gasteiger partial charge in [-0.1, -0.05) is 26.0 Å². The Bertz CT molecular complexity index is 482. The van der Waals surface area contributed by atoms with E-state index in [1.807, 2.05) is 0 Å². The van der Waals surface area contributed by atoms with Gasteiger partial charge >= 0.3 is 0 Å². The molecule has 104 valence electrons. The van der Waals surface area contributed by atoms with Gasteiger partial charge in [-0.3, -0.25) is 10.3 Å². The van der Waals surface area contributed by atoms with Gasteiger partial charge in [0.25, 0.3) is 0 Å². The van der Waals surface area contributed by atoms with E-state index >= 15 is 0 Å². The first kappa shape index (κ1) is 14.0. The molecule has 3 nitrogen and oxygen atoms in total. The van der Waals surface area contributed by atoms with Crippen molar-refractivity contribution in [2.45, 2.75) is 33.2 Å². The number of rotatable bonds is 3. The van der Waals surface area contributed by atoms with E-state index in [2.05, 4.69) is 18.7 Å². The van der Waals surface area contributed by atoms with Crippen LogP contribution >= 0.6 is 0 Å². The second kappa shape index (κ2) is 5.29. The van der Waals surface area contributed by atoms with Gasteiger partial charge < -0.3 is 5.73 Å². The summed E-state index contributed by atoms with van der Waals surface area (Å²) >= 11 is 0. The Morgan fingerprint density at radius 2 is 2.21 bits per heavy atom. The number of nitrogens with two attached hydrogens (primary N) is 1. The molecule has 1 heterocycles. The summed E-state index contributed by atoms with van der Waals surface area (Å²) in [6, 6.07) is 5.11. The van der Waals surface area contributed by atoms with Crippen molar-refractivity contribution in [1.29, 1.82) is 5.41 Å². The summed E-state index contributed by atoms with van der Waals surface area (Å²) in [6.45, 7) is 7.09. The third-order valence-electron chi connectivity index (χ3n) is 3.74. The molecule has 0 bridgehead atoms. The molecule has 2 rings (SSSR count). The van der Waals surface area contributed by atoms with Gasteiger partial charge in [-0.15, -0.1) is 0 Å². The fraction of sp³-hybridized carbons (Fsp3) is 0.533. The summed E-state index contributed by atoms with van der Waals surface area (Å²) < 4.78 is 14.2. The monoisotopic (exact) mass is 263 g/mol. The average molecular weight is 263 g/mol. The van der Waals surface area contributed by atoms with Crippen molar-refractivity contribution in [3.05, 3.63) is 35.1 Å². The summed E-state index contributed by atoms with van der Waals surface area (Å²) in [4.78, 5) is 2.28. The molecule has 0 unspecified atom stereocenters. The molecule has 1 aromatic carbocycles. The van der Waals surface area contributed by atoms with Gasteiger partial charge in [-0.2, -0.15) is 0 Å². The second-order valence-corrected chi connectivity index (χ2v) is 6.17. The number of halogens is 1. The van der Waals surface area contributed by atoms with Gasteiger partial charge in [0.1, 0.15) is 11.7 Å². The van der Waals surface area contributed by atoms with Crippen LogP contribution in [0.3, 0.4) is 0 Å². The molecule has 0 radical (unpaired) electrons.